The van der Waals surface area contributed by atoms with Crippen LogP contribution < -0.4 is 9.62 Å². The molecule has 0 atom stereocenters. The summed E-state index contributed by atoms with van der Waals surface area (Å²) in [5.74, 6) is -0.321. The zero-order chi connectivity index (χ0) is 16.3. The van der Waals surface area contributed by atoms with Gasteiger partial charge < -0.3 is 5.32 Å². The third kappa shape index (κ3) is 5.38. The molecule has 1 aromatic carbocycles. The predicted molar refractivity (Wildman–Crippen MR) is 85.9 cm³/mol. The predicted octanol–water partition coefficient (Wildman–Crippen LogP) is 1.93. The maximum absolute atomic E-state index is 12.1. The number of sulfonamides is 1. The highest BCUT2D eigenvalue weighted by atomic mass is 32.2. The number of nitrogens with one attached hydrogen (secondary N) is 1. The van der Waals surface area contributed by atoms with Crippen LogP contribution in [0.3, 0.4) is 0 Å². The number of anilines is 1. The van der Waals surface area contributed by atoms with Gasteiger partial charge in [0.2, 0.25) is 15.9 Å². The van der Waals surface area contributed by atoms with Crippen LogP contribution in [0, 0.1) is 0 Å². The molecule has 0 aliphatic heterocycles. The van der Waals surface area contributed by atoms with E-state index in [9.17, 15) is 13.2 Å². The van der Waals surface area contributed by atoms with Crippen molar-refractivity contribution in [1.82, 2.24) is 5.32 Å². The first-order valence-corrected chi connectivity index (χ1v) is 8.76. The maximum Gasteiger partial charge on any atom is 0.241 e. The Hall–Kier alpha value is -1.56. The normalized spacial score (nSPS) is 12.0. The van der Waals surface area contributed by atoms with Crippen molar-refractivity contribution in [3.63, 3.8) is 0 Å². The van der Waals surface area contributed by atoms with E-state index < -0.39 is 15.6 Å². The lowest BCUT2D eigenvalue weighted by molar-refractivity contribution is -0.121. The molecule has 1 N–H and O–H groups in total. The van der Waals surface area contributed by atoms with Gasteiger partial charge in [0.05, 0.1) is 11.9 Å². The van der Waals surface area contributed by atoms with E-state index in [1.807, 2.05) is 39.8 Å². The molecule has 0 saturated heterocycles. The van der Waals surface area contributed by atoms with Crippen LogP contribution in [-0.4, -0.2) is 32.7 Å². The zero-order valence-electron chi connectivity index (χ0n) is 13.3. The van der Waals surface area contributed by atoms with Gasteiger partial charge in [-0.25, -0.2) is 8.42 Å². The molecular weight excluding hydrogens is 288 g/mol. The Labute approximate surface area is 127 Å². The fourth-order valence-electron chi connectivity index (χ4n) is 2.02. The lowest BCUT2D eigenvalue weighted by atomic mass is 10.1. The van der Waals surface area contributed by atoms with Crippen LogP contribution in [-0.2, 0) is 21.2 Å². The maximum atomic E-state index is 12.1. The van der Waals surface area contributed by atoms with Crippen LogP contribution in [0.25, 0.3) is 0 Å². The fourth-order valence-corrected chi connectivity index (χ4v) is 2.91. The quantitative estimate of drug-likeness (QED) is 0.903. The molecule has 1 aromatic rings. The van der Waals surface area contributed by atoms with Gasteiger partial charge in [-0.1, -0.05) is 25.1 Å². The Kier molecular flexibility index (Phi) is 5.39. The second-order valence-electron chi connectivity index (χ2n) is 6.05. The molecule has 1 amide bonds. The number of carbonyl (C=O) groups excluding carboxylic acids is 1. The van der Waals surface area contributed by atoms with E-state index in [2.05, 4.69) is 5.32 Å². The van der Waals surface area contributed by atoms with Gasteiger partial charge in [0, 0.05) is 5.54 Å². The molecule has 0 saturated carbocycles. The smallest absolute Gasteiger partial charge is 0.241 e. The first-order valence-electron chi connectivity index (χ1n) is 6.91. The topological polar surface area (TPSA) is 66.5 Å². The van der Waals surface area contributed by atoms with E-state index in [1.165, 1.54) is 0 Å². The highest BCUT2D eigenvalue weighted by Gasteiger charge is 2.24. The van der Waals surface area contributed by atoms with E-state index in [1.54, 1.807) is 12.1 Å². The van der Waals surface area contributed by atoms with Gasteiger partial charge in [-0.15, -0.1) is 0 Å². The summed E-state index contributed by atoms with van der Waals surface area (Å²) >= 11 is 0. The number of hydrogen-bond acceptors (Lipinski definition) is 3. The summed E-state index contributed by atoms with van der Waals surface area (Å²) in [5, 5.41) is 2.78. The summed E-state index contributed by atoms with van der Waals surface area (Å²) in [4.78, 5) is 12.1. The Balaban J connectivity index is 3.12. The number of carbonyl (C=O) groups is 1. The average Bonchev–Trinajstić information content (AvgIpc) is 2.32. The van der Waals surface area contributed by atoms with Gasteiger partial charge in [0.1, 0.15) is 6.54 Å². The Morgan fingerprint density at radius 1 is 1.24 bits per heavy atom. The first-order chi connectivity index (χ1) is 9.54. The summed E-state index contributed by atoms with van der Waals surface area (Å²) in [7, 11) is -3.53. The van der Waals surface area contributed by atoms with Gasteiger partial charge in [0.15, 0.2) is 0 Å². The molecule has 0 aliphatic carbocycles. The fraction of sp³-hybridized carbons (Fsp3) is 0.533. The molecule has 1 rings (SSSR count). The summed E-state index contributed by atoms with van der Waals surface area (Å²) in [5.41, 5.74) is 1.06. The van der Waals surface area contributed by atoms with Crippen molar-refractivity contribution in [2.45, 2.75) is 39.7 Å². The Bertz CT molecular complexity index is 604. The van der Waals surface area contributed by atoms with E-state index in [-0.39, 0.29) is 12.5 Å². The number of hydrogen-bond donors (Lipinski definition) is 1. The van der Waals surface area contributed by atoms with Crippen molar-refractivity contribution in [2.75, 3.05) is 17.1 Å². The zero-order valence-corrected chi connectivity index (χ0v) is 14.1. The van der Waals surface area contributed by atoms with Crippen LogP contribution >= 0.6 is 0 Å². The van der Waals surface area contributed by atoms with Gasteiger partial charge in [-0.05, 0) is 38.8 Å². The summed E-state index contributed by atoms with van der Waals surface area (Å²) in [6, 6.07) is 7.23. The lowest BCUT2D eigenvalue weighted by Crippen LogP contribution is -2.47. The molecule has 6 heteroatoms. The monoisotopic (exact) mass is 312 g/mol. The number of benzene rings is 1. The summed E-state index contributed by atoms with van der Waals surface area (Å²) in [6.45, 7) is 7.31. The molecule has 0 fully saturated rings. The van der Waals surface area contributed by atoms with Crippen LogP contribution in [0.15, 0.2) is 24.3 Å². The van der Waals surface area contributed by atoms with Gasteiger partial charge in [-0.2, -0.15) is 0 Å². The molecule has 0 radical (unpaired) electrons. The Morgan fingerprint density at radius 2 is 1.81 bits per heavy atom. The number of amides is 1. The van der Waals surface area contributed by atoms with Crippen LogP contribution in [0.5, 0.6) is 0 Å². The number of para-hydroxylation sites is 1. The number of nitrogens with zero attached hydrogens (tertiary/aromatic N) is 1. The van der Waals surface area contributed by atoms with Crippen molar-refractivity contribution < 1.29 is 13.2 Å². The molecule has 0 unspecified atom stereocenters. The average molecular weight is 312 g/mol. The lowest BCUT2D eigenvalue weighted by Gasteiger charge is -2.27. The number of rotatable bonds is 5. The molecule has 5 nitrogen and oxygen atoms in total. The van der Waals surface area contributed by atoms with Gasteiger partial charge in [0.25, 0.3) is 0 Å². The van der Waals surface area contributed by atoms with Crippen molar-refractivity contribution in [3.8, 4) is 0 Å². The summed E-state index contributed by atoms with van der Waals surface area (Å²) in [6.07, 6.45) is 1.81. The minimum Gasteiger partial charge on any atom is -0.350 e. The van der Waals surface area contributed by atoms with Crippen molar-refractivity contribution in [1.29, 1.82) is 0 Å². The second kappa shape index (κ2) is 6.47. The highest BCUT2D eigenvalue weighted by Crippen LogP contribution is 2.23. The van der Waals surface area contributed by atoms with Crippen molar-refractivity contribution in [3.05, 3.63) is 29.8 Å². The van der Waals surface area contributed by atoms with E-state index in [0.29, 0.717) is 12.1 Å². The van der Waals surface area contributed by atoms with E-state index in [4.69, 9.17) is 0 Å². The minimum atomic E-state index is -3.53. The molecule has 0 spiro atoms. The number of aryl methyl sites for hydroxylation is 1. The second-order valence-corrected chi connectivity index (χ2v) is 7.96. The molecule has 0 bridgehead atoms. The molecular formula is C15H24N2O3S. The third-order valence-electron chi connectivity index (χ3n) is 2.84. The molecule has 0 heterocycles. The highest BCUT2D eigenvalue weighted by molar-refractivity contribution is 7.92. The Morgan fingerprint density at radius 3 is 2.29 bits per heavy atom. The van der Waals surface area contributed by atoms with Gasteiger partial charge in [-0.3, -0.25) is 9.10 Å². The van der Waals surface area contributed by atoms with E-state index >= 15 is 0 Å². The SMILES string of the molecule is CCc1ccccc1N(CC(=O)NC(C)(C)C)S(C)(=O)=O. The standard InChI is InChI=1S/C15H24N2O3S/c1-6-12-9-7-8-10-13(12)17(21(5,19)20)11-14(18)16-15(2,3)4/h7-10H,6,11H2,1-5H3,(H,16,18). The van der Waals surface area contributed by atoms with Crippen LogP contribution in [0.2, 0.25) is 0 Å². The largest absolute Gasteiger partial charge is 0.350 e. The van der Waals surface area contributed by atoms with E-state index in [0.717, 1.165) is 16.1 Å². The van der Waals surface area contributed by atoms with Gasteiger partial charge >= 0.3 is 0 Å². The van der Waals surface area contributed by atoms with Crippen molar-refractivity contribution in [2.24, 2.45) is 0 Å². The molecule has 0 aliphatic rings. The van der Waals surface area contributed by atoms with Crippen LogP contribution in [0.1, 0.15) is 33.3 Å². The summed E-state index contributed by atoms with van der Waals surface area (Å²) < 4.78 is 25.3. The third-order valence-corrected chi connectivity index (χ3v) is 3.97. The molecule has 21 heavy (non-hydrogen) atoms. The van der Waals surface area contributed by atoms with Crippen LogP contribution in [0.4, 0.5) is 5.69 Å². The molecule has 0 aromatic heterocycles. The molecule has 118 valence electrons. The first kappa shape index (κ1) is 17.5. The minimum absolute atomic E-state index is 0.215. The van der Waals surface area contributed by atoms with Crippen molar-refractivity contribution >= 4 is 21.6 Å².